The van der Waals surface area contributed by atoms with Gasteiger partial charge in [-0.3, -0.25) is 4.68 Å². The summed E-state index contributed by atoms with van der Waals surface area (Å²) in [6, 6.07) is 15.0. The number of hydrogen-bond donors (Lipinski definition) is 2. The lowest BCUT2D eigenvalue weighted by molar-refractivity contribution is 0.579. The lowest BCUT2D eigenvalue weighted by Gasteiger charge is -2.12. The number of rotatable bonds is 5. The molecule has 0 radical (unpaired) electrons. The number of thiocarbonyl (C=S) groups is 1. The van der Waals surface area contributed by atoms with E-state index in [1.54, 1.807) is 16.8 Å². The fourth-order valence-electron chi connectivity index (χ4n) is 3.05. The van der Waals surface area contributed by atoms with E-state index in [-0.39, 0.29) is 5.82 Å². The Hall–Kier alpha value is -2.73. The summed E-state index contributed by atoms with van der Waals surface area (Å²) in [5.74, 6) is 0.260. The van der Waals surface area contributed by atoms with Crippen molar-refractivity contribution in [3.63, 3.8) is 0 Å². The summed E-state index contributed by atoms with van der Waals surface area (Å²) in [6.45, 7) is 8.56. The van der Waals surface area contributed by atoms with Crippen LogP contribution in [-0.2, 0) is 6.54 Å². The van der Waals surface area contributed by atoms with Crippen LogP contribution in [0.2, 0.25) is 0 Å². The van der Waals surface area contributed by atoms with Crippen molar-refractivity contribution in [2.45, 2.75) is 40.2 Å². The molecule has 1 aromatic heterocycles. The highest BCUT2D eigenvalue weighted by Gasteiger charge is 2.14. The molecule has 6 heteroatoms. The lowest BCUT2D eigenvalue weighted by atomic mass is 10.0. The lowest BCUT2D eigenvalue weighted by Crippen LogP contribution is -2.20. The molecule has 0 aliphatic heterocycles. The minimum Gasteiger partial charge on any atom is -0.332 e. The third-order valence-corrected chi connectivity index (χ3v) is 4.94. The van der Waals surface area contributed by atoms with Gasteiger partial charge < -0.3 is 10.6 Å². The van der Waals surface area contributed by atoms with E-state index in [9.17, 15) is 4.39 Å². The molecule has 0 saturated carbocycles. The molecule has 3 rings (SSSR count). The van der Waals surface area contributed by atoms with Crippen molar-refractivity contribution in [2.75, 3.05) is 10.6 Å². The highest BCUT2D eigenvalue weighted by molar-refractivity contribution is 7.80. The van der Waals surface area contributed by atoms with E-state index in [0.717, 1.165) is 22.8 Å². The second kappa shape index (κ2) is 8.52. The Bertz CT molecular complexity index is 977. The minimum atomic E-state index is -0.230. The van der Waals surface area contributed by atoms with Crippen molar-refractivity contribution in [1.29, 1.82) is 0 Å². The van der Waals surface area contributed by atoms with Crippen molar-refractivity contribution in [2.24, 2.45) is 0 Å². The molecule has 2 aromatic carbocycles. The Balaban J connectivity index is 1.71. The predicted octanol–water partition coefficient (Wildman–Crippen LogP) is 5.62. The van der Waals surface area contributed by atoms with E-state index >= 15 is 0 Å². The third kappa shape index (κ3) is 4.57. The maximum Gasteiger partial charge on any atom is 0.175 e. The number of hydrogen-bond acceptors (Lipinski definition) is 2. The number of nitrogens with zero attached hydrogens (tertiary/aromatic N) is 2. The number of anilines is 2. The smallest absolute Gasteiger partial charge is 0.175 e. The van der Waals surface area contributed by atoms with Crippen LogP contribution in [0.25, 0.3) is 0 Å². The van der Waals surface area contributed by atoms with Crippen LogP contribution >= 0.6 is 12.2 Å². The van der Waals surface area contributed by atoms with Crippen molar-refractivity contribution >= 4 is 28.7 Å². The zero-order valence-electron chi connectivity index (χ0n) is 16.6. The van der Waals surface area contributed by atoms with E-state index in [1.807, 2.05) is 32.0 Å². The van der Waals surface area contributed by atoms with Gasteiger partial charge in [0.2, 0.25) is 0 Å². The number of benzene rings is 2. The van der Waals surface area contributed by atoms with Gasteiger partial charge in [0, 0.05) is 11.3 Å². The van der Waals surface area contributed by atoms with Crippen LogP contribution in [0.1, 0.15) is 42.3 Å². The van der Waals surface area contributed by atoms with E-state index in [2.05, 4.69) is 41.7 Å². The summed E-state index contributed by atoms with van der Waals surface area (Å²) in [5, 5.41) is 11.5. The molecule has 0 unspecified atom stereocenters. The summed E-state index contributed by atoms with van der Waals surface area (Å²) in [4.78, 5) is 0. The van der Waals surface area contributed by atoms with Crippen LogP contribution in [0.15, 0.2) is 48.5 Å². The molecule has 0 saturated heterocycles. The summed E-state index contributed by atoms with van der Waals surface area (Å²) in [5.41, 5.74) is 5.37. The molecule has 0 spiro atoms. The number of nitrogens with one attached hydrogen (secondary N) is 2. The maximum absolute atomic E-state index is 14.0. The van der Waals surface area contributed by atoms with Crippen molar-refractivity contribution in [3.8, 4) is 0 Å². The summed E-state index contributed by atoms with van der Waals surface area (Å²) in [7, 11) is 0. The van der Waals surface area contributed by atoms with Gasteiger partial charge in [0.1, 0.15) is 5.82 Å². The normalized spacial score (nSPS) is 10.9. The number of halogens is 1. The first kappa shape index (κ1) is 20.0. The van der Waals surface area contributed by atoms with E-state index in [0.29, 0.717) is 23.1 Å². The standard InChI is InChI=1S/C22H25FN4S/c1-14(2)17-9-11-19(12-10-17)24-22(28)25-21-15(3)26-27(16(21)4)13-18-7-5-6-8-20(18)23/h5-12,14H,13H2,1-4H3,(H2,24,25,28). The first-order valence-electron chi connectivity index (χ1n) is 9.30. The van der Waals surface area contributed by atoms with Gasteiger partial charge in [-0.05, 0) is 55.7 Å². The Morgan fingerprint density at radius 1 is 1.07 bits per heavy atom. The maximum atomic E-state index is 14.0. The Kier molecular flexibility index (Phi) is 6.09. The molecular weight excluding hydrogens is 371 g/mol. The van der Waals surface area contributed by atoms with Crippen molar-refractivity contribution in [1.82, 2.24) is 9.78 Å². The van der Waals surface area contributed by atoms with Crippen LogP contribution in [0.3, 0.4) is 0 Å². The van der Waals surface area contributed by atoms with Gasteiger partial charge in [-0.1, -0.05) is 44.2 Å². The third-order valence-electron chi connectivity index (χ3n) is 4.73. The molecule has 0 aliphatic rings. The molecule has 28 heavy (non-hydrogen) atoms. The quantitative estimate of drug-likeness (QED) is 0.549. The van der Waals surface area contributed by atoms with Gasteiger partial charge in [-0.2, -0.15) is 5.10 Å². The Morgan fingerprint density at radius 3 is 2.39 bits per heavy atom. The molecule has 0 bridgehead atoms. The fraction of sp³-hybridized carbons (Fsp3) is 0.273. The summed E-state index contributed by atoms with van der Waals surface area (Å²) in [6.07, 6.45) is 0. The van der Waals surface area contributed by atoms with E-state index in [4.69, 9.17) is 12.2 Å². The molecule has 3 aromatic rings. The highest BCUT2D eigenvalue weighted by atomic mass is 32.1. The molecule has 4 nitrogen and oxygen atoms in total. The molecule has 1 heterocycles. The van der Waals surface area contributed by atoms with Crippen molar-refractivity contribution in [3.05, 3.63) is 76.9 Å². The average Bonchev–Trinajstić information content (AvgIpc) is 2.91. The van der Waals surface area contributed by atoms with Gasteiger partial charge in [0.15, 0.2) is 5.11 Å². The zero-order chi connectivity index (χ0) is 20.3. The minimum absolute atomic E-state index is 0.230. The Labute approximate surface area is 170 Å². The summed E-state index contributed by atoms with van der Waals surface area (Å²) < 4.78 is 15.7. The SMILES string of the molecule is Cc1nn(Cc2ccccc2F)c(C)c1NC(=S)Nc1ccc(C(C)C)cc1. The van der Waals surface area contributed by atoms with Crippen LogP contribution in [-0.4, -0.2) is 14.9 Å². The van der Waals surface area contributed by atoms with Gasteiger partial charge in [-0.15, -0.1) is 0 Å². The van der Waals surface area contributed by atoms with Gasteiger partial charge >= 0.3 is 0 Å². The predicted molar refractivity (Wildman–Crippen MR) is 118 cm³/mol. The Morgan fingerprint density at radius 2 is 1.75 bits per heavy atom. The fourth-order valence-corrected chi connectivity index (χ4v) is 3.27. The van der Waals surface area contributed by atoms with Crippen LogP contribution in [0, 0.1) is 19.7 Å². The molecule has 0 fully saturated rings. The molecule has 2 N–H and O–H groups in total. The van der Waals surface area contributed by atoms with Crippen LogP contribution in [0.4, 0.5) is 15.8 Å². The average molecular weight is 397 g/mol. The first-order chi connectivity index (χ1) is 13.3. The largest absolute Gasteiger partial charge is 0.332 e. The molecular formula is C22H25FN4S. The highest BCUT2D eigenvalue weighted by Crippen LogP contribution is 2.22. The van der Waals surface area contributed by atoms with Gasteiger partial charge in [-0.25, -0.2) is 4.39 Å². The topological polar surface area (TPSA) is 41.9 Å². The second-order valence-electron chi connectivity index (χ2n) is 7.15. The second-order valence-corrected chi connectivity index (χ2v) is 7.56. The van der Waals surface area contributed by atoms with Crippen molar-refractivity contribution < 1.29 is 4.39 Å². The molecule has 146 valence electrons. The number of aromatic nitrogens is 2. The van der Waals surface area contributed by atoms with Gasteiger partial charge in [0.25, 0.3) is 0 Å². The van der Waals surface area contributed by atoms with Crippen LogP contribution in [0.5, 0.6) is 0 Å². The van der Waals surface area contributed by atoms with E-state index < -0.39 is 0 Å². The zero-order valence-corrected chi connectivity index (χ0v) is 17.4. The summed E-state index contributed by atoms with van der Waals surface area (Å²) >= 11 is 5.46. The van der Waals surface area contributed by atoms with Crippen LogP contribution < -0.4 is 10.6 Å². The monoisotopic (exact) mass is 396 g/mol. The molecule has 0 aliphatic carbocycles. The number of aryl methyl sites for hydroxylation is 1. The first-order valence-corrected chi connectivity index (χ1v) is 9.71. The van der Waals surface area contributed by atoms with E-state index in [1.165, 1.54) is 11.6 Å². The molecule has 0 amide bonds. The molecule has 0 atom stereocenters. The van der Waals surface area contributed by atoms with Gasteiger partial charge in [0.05, 0.1) is 23.6 Å².